The number of nitro groups is 1. The van der Waals surface area contributed by atoms with Gasteiger partial charge in [-0.2, -0.15) is 5.10 Å². The summed E-state index contributed by atoms with van der Waals surface area (Å²) in [6.07, 6.45) is 5.30. The molecule has 0 unspecified atom stereocenters. The van der Waals surface area contributed by atoms with Crippen molar-refractivity contribution in [3.8, 4) is 0 Å². The molecule has 1 atom stereocenters. The van der Waals surface area contributed by atoms with Crippen molar-refractivity contribution in [2.24, 2.45) is 0 Å². The van der Waals surface area contributed by atoms with E-state index < -0.39 is 4.92 Å². The lowest BCUT2D eigenvalue weighted by Crippen LogP contribution is -2.33. The molecule has 0 amide bonds. The molecule has 0 bridgehead atoms. The minimum absolute atomic E-state index is 0.00998. The lowest BCUT2D eigenvalue weighted by atomic mass is 10.2. The highest BCUT2D eigenvalue weighted by molar-refractivity contribution is 6.33. The molecule has 0 N–H and O–H groups in total. The van der Waals surface area contributed by atoms with Crippen LogP contribution >= 0.6 is 11.6 Å². The monoisotopic (exact) mass is 307 g/mol. The molecular weight excluding hydrogens is 294 g/mol. The summed E-state index contributed by atoms with van der Waals surface area (Å²) in [6, 6.07) is 4.89. The SMILES string of the molecule is O=[N+]([O-])c1ccc(N2CCC[C@H]2Cn2cncn2)c(Cl)c1. The summed E-state index contributed by atoms with van der Waals surface area (Å²) in [4.78, 5) is 16.5. The Bertz CT molecular complexity index is 646. The molecule has 2 aromatic rings. The number of halogens is 1. The van der Waals surface area contributed by atoms with Gasteiger partial charge in [-0.3, -0.25) is 14.8 Å². The lowest BCUT2D eigenvalue weighted by molar-refractivity contribution is -0.384. The second-order valence-corrected chi connectivity index (χ2v) is 5.41. The number of nitrogens with zero attached hydrogens (tertiary/aromatic N) is 5. The molecule has 7 nitrogen and oxygen atoms in total. The molecule has 0 radical (unpaired) electrons. The molecule has 3 rings (SSSR count). The van der Waals surface area contributed by atoms with Gasteiger partial charge in [0.05, 0.1) is 22.2 Å². The van der Waals surface area contributed by atoms with Gasteiger partial charge < -0.3 is 4.90 Å². The van der Waals surface area contributed by atoms with E-state index in [9.17, 15) is 10.1 Å². The molecule has 0 saturated carbocycles. The van der Waals surface area contributed by atoms with Gasteiger partial charge in [-0.05, 0) is 18.9 Å². The summed E-state index contributed by atoms with van der Waals surface area (Å²) >= 11 is 6.22. The van der Waals surface area contributed by atoms with Gasteiger partial charge >= 0.3 is 0 Å². The fraction of sp³-hybridized carbons (Fsp3) is 0.385. The van der Waals surface area contributed by atoms with Crippen LogP contribution < -0.4 is 4.90 Å². The summed E-state index contributed by atoms with van der Waals surface area (Å²) in [7, 11) is 0. The maximum absolute atomic E-state index is 10.8. The third-order valence-electron chi connectivity index (χ3n) is 3.69. The molecule has 110 valence electrons. The highest BCUT2D eigenvalue weighted by Crippen LogP contribution is 2.34. The molecule has 0 aliphatic carbocycles. The van der Waals surface area contributed by atoms with Crippen LogP contribution in [-0.2, 0) is 6.54 Å². The van der Waals surface area contributed by atoms with Crippen molar-refractivity contribution < 1.29 is 4.92 Å². The quantitative estimate of drug-likeness (QED) is 0.640. The Kier molecular flexibility index (Phi) is 3.74. The van der Waals surface area contributed by atoms with E-state index in [0.717, 1.165) is 31.6 Å². The van der Waals surface area contributed by atoms with Crippen molar-refractivity contribution in [1.82, 2.24) is 14.8 Å². The van der Waals surface area contributed by atoms with Gasteiger partial charge in [-0.1, -0.05) is 11.6 Å². The molecule has 1 aliphatic heterocycles. The van der Waals surface area contributed by atoms with Gasteiger partial charge in [0.15, 0.2) is 0 Å². The molecular formula is C13H14ClN5O2. The predicted octanol–water partition coefficient (Wildman–Crippen LogP) is 2.51. The molecule has 1 fully saturated rings. The van der Waals surface area contributed by atoms with Gasteiger partial charge in [0.2, 0.25) is 0 Å². The summed E-state index contributed by atoms with van der Waals surface area (Å²) in [5, 5.41) is 15.3. The van der Waals surface area contributed by atoms with Crippen molar-refractivity contribution in [2.45, 2.75) is 25.4 Å². The number of aromatic nitrogens is 3. The molecule has 2 heterocycles. The Balaban J connectivity index is 1.83. The lowest BCUT2D eigenvalue weighted by Gasteiger charge is -2.27. The van der Waals surface area contributed by atoms with E-state index in [4.69, 9.17) is 11.6 Å². The zero-order valence-corrected chi connectivity index (χ0v) is 12.0. The number of hydrogen-bond donors (Lipinski definition) is 0. The summed E-state index contributed by atoms with van der Waals surface area (Å²) in [5.74, 6) is 0. The Morgan fingerprint density at radius 2 is 2.33 bits per heavy atom. The van der Waals surface area contributed by atoms with Gasteiger partial charge in [-0.25, -0.2) is 4.98 Å². The molecule has 1 aromatic carbocycles. The van der Waals surface area contributed by atoms with E-state index in [1.165, 1.54) is 18.5 Å². The summed E-state index contributed by atoms with van der Waals surface area (Å²) < 4.78 is 1.79. The van der Waals surface area contributed by atoms with E-state index in [1.54, 1.807) is 17.1 Å². The van der Waals surface area contributed by atoms with E-state index in [1.807, 2.05) is 0 Å². The molecule has 1 aliphatic rings. The number of nitro benzene ring substituents is 1. The topological polar surface area (TPSA) is 77.1 Å². The van der Waals surface area contributed by atoms with Crippen LogP contribution in [0.2, 0.25) is 5.02 Å². The van der Waals surface area contributed by atoms with Gasteiger partial charge in [-0.15, -0.1) is 0 Å². The van der Waals surface area contributed by atoms with Crippen LogP contribution in [0.3, 0.4) is 0 Å². The Labute approximate surface area is 126 Å². The first-order valence-corrected chi connectivity index (χ1v) is 7.06. The van der Waals surface area contributed by atoms with Crippen molar-refractivity contribution in [3.63, 3.8) is 0 Å². The molecule has 1 aromatic heterocycles. The molecule has 1 saturated heterocycles. The Morgan fingerprint density at radius 1 is 1.48 bits per heavy atom. The normalized spacial score (nSPS) is 18.1. The van der Waals surface area contributed by atoms with E-state index in [-0.39, 0.29) is 11.7 Å². The molecule has 0 spiro atoms. The van der Waals surface area contributed by atoms with E-state index in [2.05, 4.69) is 15.0 Å². The second-order valence-electron chi connectivity index (χ2n) is 5.00. The average Bonchev–Trinajstić information content (AvgIpc) is 3.11. The van der Waals surface area contributed by atoms with Crippen LogP contribution in [0.25, 0.3) is 0 Å². The number of anilines is 1. The third-order valence-corrected chi connectivity index (χ3v) is 4.00. The van der Waals surface area contributed by atoms with Crippen molar-refractivity contribution in [1.29, 1.82) is 0 Å². The smallest absolute Gasteiger partial charge is 0.271 e. The first kappa shape index (κ1) is 13.8. The van der Waals surface area contributed by atoms with Crippen LogP contribution in [0.4, 0.5) is 11.4 Å². The number of hydrogen-bond acceptors (Lipinski definition) is 5. The third kappa shape index (κ3) is 2.82. The van der Waals surface area contributed by atoms with Crippen LogP contribution in [0.15, 0.2) is 30.9 Å². The van der Waals surface area contributed by atoms with Crippen molar-refractivity contribution in [3.05, 3.63) is 46.0 Å². The first-order chi connectivity index (χ1) is 10.1. The van der Waals surface area contributed by atoms with Crippen LogP contribution in [0.1, 0.15) is 12.8 Å². The zero-order valence-electron chi connectivity index (χ0n) is 11.2. The maximum atomic E-state index is 10.8. The van der Waals surface area contributed by atoms with Crippen LogP contribution in [0, 0.1) is 10.1 Å². The van der Waals surface area contributed by atoms with Crippen molar-refractivity contribution >= 4 is 23.0 Å². The van der Waals surface area contributed by atoms with Crippen LogP contribution in [-0.4, -0.2) is 32.3 Å². The average molecular weight is 308 g/mol. The van der Waals surface area contributed by atoms with Gasteiger partial charge in [0.1, 0.15) is 12.7 Å². The number of benzene rings is 1. The number of rotatable bonds is 4. The van der Waals surface area contributed by atoms with Crippen molar-refractivity contribution in [2.75, 3.05) is 11.4 Å². The summed E-state index contributed by atoms with van der Waals surface area (Å²) in [5.41, 5.74) is 0.848. The first-order valence-electron chi connectivity index (χ1n) is 6.68. The van der Waals surface area contributed by atoms with Crippen LogP contribution in [0.5, 0.6) is 0 Å². The molecule has 21 heavy (non-hydrogen) atoms. The minimum atomic E-state index is -0.438. The van der Waals surface area contributed by atoms with E-state index >= 15 is 0 Å². The standard InChI is InChI=1S/C13H14ClN5O2/c14-12-6-10(19(20)21)3-4-13(12)18-5-1-2-11(18)7-17-9-15-8-16-17/h3-4,6,8-9,11H,1-2,5,7H2/t11-/m0/s1. The number of non-ortho nitro benzene ring substituents is 1. The second kappa shape index (κ2) is 5.69. The summed E-state index contributed by atoms with van der Waals surface area (Å²) in [6.45, 7) is 1.62. The largest absolute Gasteiger partial charge is 0.365 e. The van der Waals surface area contributed by atoms with E-state index in [0.29, 0.717) is 5.02 Å². The Hall–Kier alpha value is -2.15. The van der Waals surface area contributed by atoms with Gasteiger partial charge in [0.25, 0.3) is 5.69 Å². The highest BCUT2D eigenvalue weighted by Gasteiger charge is 2.27. The highest BCUT2D eigenvalue weighted by atomic mass is 35.5. The fourth-order valence-corrected chi connectivity index (χ4v) is 3.01. The fourth-order valence-electron chi connectivity index (χ4n) is 2.73. The van der Waals surface area contributed by atoms with Gasteiger partial charge in [0, 0.05) is 24.7 Å². The minimum Gasteiger partial charge on any atom is -0.365 e. The maximum Gasteiger partial charge on any atom is 0.271 e. The zero-order chi connectivity index (χ0) is 14.8. The Morgan fingerprint density at radius 3 is 3.00 bits per heavy atom. The predicted molar refractivity (Wildman–Crippen MR) is 78.5 cm³/mol. The molecule has 8 heteroatoms.